The molecule has 1 aliphatic rings. The molecule has 1 heterocycles. The van der Waals surface area contributed by atoms with E-state index in [-0.39, 0.29) is 17.3 Å². The molecule has 2 N–H and O–H groups in total. The highest BCUT2D eigenvalue weighted by Crippen LogP contribution is 2.29. The van der Waals surface area contributed by atoms with Crippen LogP contribution in [0.3, 0.4) is 0 Å². The summed E-state index contributed by atoms with van der Waals surface area (Å²) in [6, 6.07) is 10.8. The van der Waals surface area contributed by atoms with E-state index >= 15 is 0 Å². The van der Waals surface area contributed by atoms with E-state index in [0.717, 1.165) is 36.2 Å². The number of hydrogen-bond donors (Lipinski definition) is 2. The van der Waals surface area contributed by atoms with E-state index in [1.165, 1.54) is 7.11 Å². The number of nitrogens with one attached hydrogen (secondary N) is 2. The van der Waals surface area contributed by atoms with Gasteiger partial charge in [0, 0.05) is 6.54 Å². The van der Waals surface area contributed by atoms with Crippen LogP contribution < -0.4 is 14.8 Å². The fourth-order valence-electron chi connectivity index (χ4n) is 2.82. The van der Waals surface area contributed by atoms with Gasteiger partial charge in [-0.25, -0.2) is 8.42 Å². The molecular formula is C17H21ClN2O3S. The van der Waals surface area contributed by atoms with Gasteiger partial charge in [-0.05, 0) is 54.8 Å². The van der Waals surface area contributed by atoms with Crippen molar-refractivity contribution in [2.24, 2.45) is 0 Å². The van der Waals surface area contributed by atoms with Crippen molar-refractivity contribution in [3.8, 4) is 5.75 Å². The summed E-state index contributed by atoms with van der Waals surface area (Å²) in [6.07, 6.45) is 0.805. The lowest BCUT2D eigenvalue weighted by Crippen LogP contribution is -2.25. The lowest BCUT2D eigenvalue weighted by molar-refractivity contribution is 0.402. The molecule has 0 aliphatic carbocycles. The predicted octanol–water partition coefficient (Wildman–Crippen LogP) is 2.87. The summed E-state index contributed by atoms with van der Waals surface area (Å²) in [7, 11) is -2.24. The Bertz CT molecular complexity index is 838. The third kappa shape index (κ3) is 3.66. The monoisotopic (exact) mass is 368 g/mol. The minimum Gasteiger partial charge on any atom is -0.495 e. The van der Waals surface area contributed by atoms with Crippen LogP contribution in [0.2, 0.25) is 0 Å². The number of hydrogen-bond acceptors (Lipinski definition) is 4. The number of aryl methyl sites for hydroxylation is 1. The molecule has 0 saturated heterocycles. The Morgan fingerprint density at radius 1 is 1.21 bits per heavy atom. The van der Waals surface area contributed by atoms with Crippen molar-refractivity contribution in [2.75, 3.05) is 18.4 Å². The van der Waals surface area contributed by atoms with Gasteiger partial charge in [0.25, 0.3) is 10.0 Å². The first-order chi connectivity index (χ1) is 11.0. The first kappa shape index (κ1) is 18.6. The minimum atomic E-state index is -3.71. The largest absolute Gasteiger partial charge is 0.495 e. The molecule has 7 heteroatoms. The quantitative estimate of drug-likeness (QED) is 0.870. The summed E-state index contributed by atoms with van der Waals surface area (Å²) in [5.74, 6) is 0.342. The van der Waals surface area contributed by atoms with Gasteiger partial charge in [0.1, 0.15) is 10.6 Å². The molecule has 0 spiro atoms. The van der Waals surface area contributed by atoms with Crippen LogP contribution in [0.15, 0.2) is 41.3 Å². The molecule has 3 rings (SSSR count). The molecule has 24 heavy (non-hydrogen) atoms. The number of rotatable bonds is 4. The van der Waals surface area contributed by atoms with Gasteiger partial charge in [0.2, 0.25) is 0 Å². The van der Waals surface area contributed by atoms with Crippen molar-refractivity contribution in [2.45, 2.75) is 24.8 Å². The van der Waals surface area contributed by atoms with Gasteiger partial charge < -0.3 is 10.1 Å². The van der Waals surface area contributed by atoms with Crippen molar-refractivity contribution in [3.05, 3.63) is 53.1 Å². The molecule has 2 aromatic rings. The molecular weight excluding hydrogens is 348 g/mol. The van der Waals surface area contributed by atoms with Crippen molar-refractivity contribution in [3.63, 3.8) is 0 Å². The Hall–Kier alpha value is -1.76. The van der Waals surface area contributed by atoms with Gasteiger partial charge in [0.15, 0.2) is 0 Å². The average Bonchev–Trinajstić information content (AvgIpc) is 2.55. The van der Waals surface area contributed by atoms with Gasteiger partial charge in [-0.1, -0.05) is 18.2 Å². The molecule has 0 fully saturated rings. The van der Waals surface area contributed by atoms with E-state index in [1.807, 2.05) is 31.2 Å². The number of sulfonamides is 1. The summed E-state index contributed by atoms with van der Waals surface area (Å²) in [5, 5.41) is 3.29. The highest BCUT2D eigenvalue weighted by Gasteiger charge is 2.22. The number of methoxy groups -OCH3 is 1. The number of anilines is 1. The van der Waals surface area contributed by atoms with Crippen LogP contribution in [0.5, 0.6) is 5.75 Å². The van der Waals surface area contributed by atoms with Crippen molar-refractivity contribution >= 4 is 28.1 Å². The van der Waals surface area contributed by atoms with E-state index in [4.69, 9.17) is 4.74 Å². The second-order valence-corrected chi connectivity index (χ2v) is 7.28. The summed E-state index contributed by atoms with van der Waals surface area (Å²) in [4.78, 5) is 0.159. The summed E-state index contributed by atoms with van der Waals surface area (Å²) in [5.41, 5.74) is 3.70. The zero-order chi connectivity index (χ0) is 16.4. The molecule has 0 atom stereocenters. The predicted molar refractivity (Wildman–Crippen MR) is 97.6 cm³/mol. The first-order valence-corrected chi connectivity index (χ1v) is 8.98. The van der Waals surface area contributed by atoms with E-state index < -0.39 is 10.0 Å². The van der Waals surface area contributed by atoms with Crippen LogP contribution in [-0.2, 0) is 23.0 Å². The molecule has 0 bridgehead atoms. The highest BCUT2D eigenvalue weighted by molar-refractivity contribution is 7.92. The van der Waals surface area contributed by atoms with Gasteiger partial charge in [-0.15, -0.1) is 12.4 Å². The molecule has 0 amide bonds. The van der Waals surface area contributed by atoms with Crippen LogP contribution in [0, 0.1) is 6.92 Å². The smallest absolute Gasteiger partial charge is 0.265 e. The van der Waals surface area contributed by atoms with Crippen LogP contribution in [0.1, 0.15) is 16.7 Å². The maximum Gasteiger partial charge on any atom is 0.265 e. The Morgan fingerprint density at radius 3 is 2.75 bits per heavy atom. The van der Waals surface area contributed by atoms with E-state index in [9.17, 15) is 8.42 Å². The van der Waals surface area contributed by atoms with Crippen LogP contribution in [0.4, 0.5) is 5.69 Å². The second kappa shape index (κ2) is 7.42. The molecule has 130 valence electrons. The summed E-state index contributed by atoms with van der Waals surface area (Å²) < 4.78 is 33.6. The molecule has 0 radical (unpaired) electrons. The lowest BCUT2D eigenvalue weighted by atomic mass is 9.99. The average molecular weight is 369 g/mol. The van der Waals surface area contributed by atoms with E-state index in [2.05, 4.69) is 10.0 Å². The van der Waals surface area contributed by atoms with Crippen molar-refractivity contribution in [1.82, 2.24) is 5.32 Å². The maximum atomic E-state index is 12.8. The number of fused-ring (bicyclic) bond motifs is 1. The zero-order valence-electron chi connectivity index (χ0n) is 13.6. The Labute approximate surface area is 148 Å². The summed E-state index contributed by atoms with van der Waals surface area (Å²) >= 11 is 0. The van der Waals surface area contributed by atoms with Gasteiger partial charge in [0.05, 0.1) is 12.8 Å². The fraction of sp³-hybridized carbons (Fsp3) is 0.294. The van der Waals surface area contributed by atoms with Crippen molar-refractivity contribution < 1.29 is 13.2 Å². The normalized spacial score (nSPS) is 13.6. The SMILES string of the molecule is COc1ccc(C)cc1S(=O)(=O)Nc1cccc2c1CCNC2.Cl. The Morgan fingerprint density at radius 2 is 2.00 bits per heavy atom. The maximum absolute atomic E-state index is 12.8. The molecule has 0 saturated carbocycles. The van der Waals surface area contributed by atoms with Gasteiger partial charge in [-0.3, -0.25) is 4.72 Å². The Kier molecular flexibility index (Phi) is 5.74. The minimum absolute atomic E-state index is 0. The van der Waals surface area contributed by atoms with Gasteiger partial charge >= 0.3 is 0 Å². The zero-order valence-corrected chi connectivity index (χ0v) is 15.3. The third-order valence-corrected chi connectivity index (χ3v) is 5.38. The standard InChI is InChI=1S/C17H20N2O3S.ClH/c1-12-6-7-16(22-2)17(10-12)23(20,21)19-15-5-3-4-13-11-18-9-8-14(13)15;/h3-7,10,18-19H,8-9,11H2,1-2H3;1H. The van der Waals surface area contributed by atoms with Crippen LogP contribution >= 0.6 is 12.4 Å². The van der Waals surface area contributed by atoms with E-state index in [1.54, 1.807) is 12.1 Å². The van der Waals surface area contributed by atoms with Crippen molar-refractivity contribution in [1.29, 1.82) is 0 Å². The first-order valence-electron chi connectivity index (χ1n) is 7.50. The number of halogens is 1. The molecule has 5 nitrogen and oxygen atoms in total. The van der Waals surface area contributed by atoms with Crippen LogP contribution in [0.25, 0.3) is 0 Å². The molecule has 0 aromatic heterocycles. The van der Waals surface area contributed by atoms with Crippen LogP contribution in [-0.4, -0.2) is 22.1 Å². The third-order valence-electron chi connectivity index (χ3n) is 3.99. The van der Waals surface area contributed by atoms with E-state index in [0.29, 0.717) is 11.4 Å². The fourth-order valence-corrected chi connectivity index (χ4v) is 4.17. The Balaban J connectivity index is 0.00000208. The molecule has 1 aliphatic heterocycles. The lowest BCUT2D eigenvalue weighted by Gasteiger charge is -2.21. The number of ether oxygens (including phenoxy) is 1. The summed E-state index contributed by atoms with van der Waals surface area (Å²) in [6.45, 7) is 3.46. The van der Waals surface area contributed by atoms with Gasteiger partial charge in [-0.2, -0.15) is 0 Å². The molecule has 2 aromatic carbocycles. The topological polar surface area (TPSA) is 67.4 Å². The second-order valence-electron chi connectivity index (χ2n) is 5.63. The number of benzene rings is 2. The molecule has 0 unspecified atom stereocenters. The highest BCUT2D eigenvalue weighted by atomic mass is 35.5.